The van der Waals surface area contributed by atoms with Crippen LogP contribution in [0.1, 0.15) is 18.1 Å². The largest absolute Gasteiger partial charge is 0.399 e. The number of hydrogen-bond acceptors (Lipinski definition) is 2. The molecule has 0 atom stereocenters. The first kappa shape index (κ1) is 10.8. The van der Waals surface area contributed by atoms with E-state index in [0.717, 1.165) is 18.7 Å². The molecule has 76 valence electrons. The van der Waals surface area contributed by atoms with Gasteiger partial charge in [0.15, 0.2) is 0 Å². The lowest BCUT2D eigenvalue weighted by Gasteiger charge is -2.03. The number of nitrogens with two attached hydrogens (primary N) is 1. The molecule has 0 aliphatic heterocycles. The molecule has 2 nitrogen and oxygen atoms in total. The van der Waals surface area contributed by atoms with E-state index in [-0.39, 0.29) is 0 Å². The summed E-state index contributed by atoms with van der Waals surface area (Å²) in [7, 11) is 1.94. The molecule has 0 bridgehead atoms. The van der Waals surface area contributed by atoms with Crippen molar-refractivity contribution in [1.29, 1.82) is 0 Å². The van der Waals surface area contributed by atoms with Crippen LogP contribution in [-0.4, -0.2) is 13.6 Å². The molecule has 3 N–H and O–H groups in total. The summed E-state index contributed by atoms with van der Waals surface area (Å²) in [6.45, 7) is 3.01. The number of likely N-dealkylation sites (N-methyl/N-ethyl adjacent to an activating group) is 1. The first-order valence-electron chi connectivity index (χ1n) is 4.97. The van der Waals surface area contributed by atoms with Gasteiger partial charge < -0.3 is 11.1 Å². The van der Waals surface area contributed by atoms with E-state index in [1.165, 1.54) is 11.1 Å². The highest BCUT2D eigenvalue weighted by atomic mass is 14.8. The zero-order valence-corrected chi connectivity index (χ0v) is 8.88. The Labute approximate surface area is 85.8 Å². The Morgan fingerprint density at radius 3 is 2.86 bits per heavy atom. The van der Waals surface area contributed by atoms with Crippen molar-refractivity contribution in [2.45, 2.75) is 13.3 Å². The molecule has 0 unspecified atom stereocenters. The maximum atomic E-state index is 5.82. The van der Waals surface area contributed by atoms with Crippen LogP contribution in [0.25, 0.3) is 6.08 Å². The standard InChI is InChI=1S/C12H18N2/c1-3-11-9-10(5-4-8-14-2)6-7-12(11)13/h4-7,9,14H,3,8,13H2,1-2H3. The lowest BCUT2D eigenvalue weighted by atomic mass is 10.1. The van der Waals surface area contributed by atoms with Crippen LogP contribution in [0.4, 0.5) is 5.69 Å². The Morgan fingerprint density at radius 1 is 1.43 bits per heavy atom. The highest BCUT2D eigenvalue weighted by Gasteiger charge is 1.96. The summed E-state index contributed by atoms with van der Waals surface area (Å²) in [6, 6.07) is 6.15. The molecule has 0 aliphatic carbocycles. The van der Waals surface area contributed by atoms with E-state index in [9.17, 15) is 0 Å². The molecule has 0 radical (unpaired) electrons. The average Bonchev–Trinajstić information content (AvgIpc) is 2.21. The summed E-state index contributed by atoms with van der Waals surface area (Å²) in [5.41, 5.74) is 9.14. The molecule has 0 aromatic heterocycles. The van der Waals surface area contributed by atoms with E-state index in [2.05, 4.69) is 30.5 Å². The van der Waals surface area contributed by atoms with E-state index in [0.29, 0.717) is 0 Å². The summed E-state index contributed by atoms with van der Waals surface area (Å²) in [5, 5.41) is 3.07. The summed E-state index contributed by atoms with van der Waals surface area (Å²) in [4.78, 5) is 0. The van der Waals surface area contributed by atoms with E-state index < -0.39 is 0 Å². The maximum absolute atomic E-state index is 5.82. The second-order valence-corrected chi connectivity index (χ2v) is 3.27. The van der Waals surface area contributed by atoms with Gasteiger partial charge in [-0.1, -0.05) is 25.1 Å². The fourth-order valence-electron chi connectivity index (χ4n) is 1.35. The van der Waals surface area contributed by atoms with Crippen LogP contribution in [0.2, 0.25) is 0 Å². The third kappa shape index (κ3) is 2.89. The van der Waals surface area contributed by atoms with Crippen molar-refractivity contribution in [2.24, 2.45) is 0 Å². The van der Waals surface area contributed by atoms with Gasteiger partial charge >= 0.3 is 0 Å². The Bertz CT molecular complexity index is 316. The van der Waals surface area contributed by atoms with Crippen molar-refractivity contribution in [3.63, 3.8) is 0 Å². The summed E-state index contributed by atoms with van der Waals surface area (Å²) >= 11 is 0. The lowest BCUT2D eigenvalue weighted by molar-refractivity contribution is 0.922. The van der Waals surface area contributed by atoms with Gasteiger partial charge in [-0.3, -0.25) is 0 Å². The van der Waals surface area contributed by atoms with Crippen LogP contribution in [-0.2, 0) is 6.42 Å². The van der Waals surface area contributed by atoms with Crippen molar-refractivity contribution >= 4 is 11.8 Å². The van der Waals surface area contributed by atoms with Gasteiger partial charge in [0.05, 0.1) is 0 Å². The number of benzene rings is 1. The number of aryl methyl sites for hydroxylation is 1. The molecule has 0 heterocycles. The van der Waals surface area contributed by atoms with Crippen LogP contribution in [0.3, 0.4) is 0 Å². The fourth-order valence-corrected chi connectivity index (χ4v) is 1.35. The quantitative estimate of drug-likeness (QED) is 0.713. The number of rotatable bonds is 4. The normalized spacial score (nSPS) is 11.0. The highest BCUT2D eigenvalue weighted by Crippen LogP contribution is 2.15. The van der Waals surface area contributed by atoms with Crippen molar-refractivity contribution in [3.05, 3.63) is 35.4 Å². The average molecular weight is 190 g/mol. The summed E-state index contributed by atoms with van der Waals surface area (Å²) < 4.78 is 0. The Balaban J connectivity index is 2.79. The summed E-state index contributed by atoms with van der Waals surface area (Å²) in [5.74, 6) is 0. The molecule has 0 saturated carbocycles. The monoisotopic (exact) mass is 190 g/mol. The Hall–Kier alpha value is -1.28. The molecular formula is C12H18N2. The molecule has 0 amide bonds. The van der Waals surface area contributed by atoms with Gasteiger partial charge in [-0.2, -0.15) is 0 Å². The smallest absolute Gasteiger partial charge is 0.0346 e. The van der Waals surface area contributed by atoms with Crippen molar-refractivity contribution < 1.29 is 0 Å². The predicted molar refractivity (Wildman–Crippen MR) is 63.2 cm³/mol. The van der Waals surface area contributed by atoms with Gasteiger partial charge in [-0.05, 0) is 36.7 Å². The van der Waals surface area contributed by atoms with Gasteiger partial charge in [-0.25, -0.2) is 0 Å². The minimum absolute atomic E-state index is 0.887. The minimum Gasteiger partial charge on any atom is -0.399 e. The van der Waals surface area contributed by atoms with Gasteiger partial charge in [0.1, 0.15) is 0 Å². The van der Waals surface area contributed by atoms with Gasteiger partial charge in [0, 0.05) is 12.2 Å². The fraction of sp³-hybridized carbons (Fsp3) is 0.333. The third-order valence-electron chi connectivity index (χ3n) is 2.18. The van der Waals surface area contributed by atoms with Crippen molar-refractivity contribution in [1.82, 2.24) is 5.32 Å². The number of hydrogen-bond donors (Lipinski definition) is 2. The first-order chi connectivity index (χ1) is 6.77. The minimum atomic E-state index is 0.887. The zero-order chi connectivity index (χ0) is 10.4. The number of nitrogen functional groups attached to an aromatic ring is 1. The predicted octanol–water partition coefficient (Wildman–Crippen LogP) is 2.06. The second-order valence-electron chi connectivity index (χ2n) is 3.27. The van der Waals surface area contributed by atoms with Crippen LogP contribution >= 0.6 is 0 Å². The van der Waals surface area contributed by atoms with Crippen molar-refractivity contribution in [2.75, 3.05) is 19.3 Å². The van der Waals surface area contributed by atoms with E-state index in [1.54, 1.807) is 0 Å². The zero-order valence-electron chi connectivity index (χ0n) is 8.88. The van der Waals surface area contributed by atoms with Crippen LogP contribution < -0.4 is 11.1 Å². The molecule has 0 aliphatic rings. The molecule has 1 rings (SSSR count). The molecule has 0 fully saturated rings. The van der Waals surface area contributed by atoms with Gasteiger partial charge in [0.25, 0.3) is 0 Å². The molecule has 0 saturated heterocycles. The number of nitrogens with one attached hydrogen (secondary N) is 1. The highest BCUT2D eigenvalue weighted by molar-refractivity contribution is 5.57. The molecule has 2 heteroatoms. The molecule has 0 spiro atoms. The topological polar surface area (TPSA) is 38.0 Å². The van der Waals surface area contributed by atoms with Crippen LogP contribution in [0.15, 0.2) is 24.3 Å². The molecule has 14 heavy (non-hydrogen) atoms. The Kier molecular flexibility index (Phi) is 4.20. The van der Waals surface area contributed by atoms with Crippen LogP contribution in [0.5, 0.6) is 0 Å². The van der Waals surface area contributed by atoms with Crippen LogP contribution in [0, 0.1) is 0 Å². The van der Waals surface area contributed by atoms with E-state index >= 15 is 0 Å². The van der Waals surface area contributed by atoms with E-state index in [1.807, 2.05) is 19.2 Å². The SMILES string of the molecule is CCc1cc(C=CCNC)ccc1N. The van der Waals surface area contributed by atoms with E-state index in [4.69, 9.17) is 5.73 Å². The maximum Gasteiger partial charge on any atom is 0.0346 e. The second kappa shape index (κ2) is 5.45. The number of anilines is 1. The molecule has 1 aromatic rings. The molecular weight excluding hydrogens is 172 g/mol. The third-order valence-corrected chi connectivity index (χ3v) is 2.18. The van der Waals surface area contributed by atoms with Gasteiger partial charge in [-0.15, -0.1) is 0 Å². The summed E-state index contributed by atoms with van der Waals surface area (Å²) in [6.07, 6.45) is 5.19. The first-order valence-corrected chi connectivity index (χ1v) is 4.97. The van der Waals surface area contributed by atoms with Crippen molar-refractivity contribution in [3.8, 4) is 0 Å². The Morgan fingerprint density at radius 2 is 2.21 bits per heavy atom. The lowest BCUT2D eigenvalue weighted by Crippen LogP contribution is -2.03. The molecule has 1 aromatic carbocycles. The van der Waals surface area contributed by atoms with Gasteiger partial charge in [0.2, 0.25) is 0 Å².